The van der Waals surface area contributed by atoms with E-state index in [1.54, 1.807) is 0 Å². The maximum Gasteiger partial charge on any atom is 0.305 e. The summed E-state index contributed by atoms with van der Waals surface area (Å²) in [6.07, 6.45) is 0.860. The zero-order valence-corrected chi connectivity index (χ0v) is 22.8. The summed E-state index contributed by atoms with van der Waals surface area (Å²) in [5.74, 6) is -1.87. The number of carbonyl (C=O) groups is 1. The molecular weight excluding hydrogens is 503 g/mol. The summed E-state index contributed by atoms with van der Waals surface area (Å²) in [6, 6.07) is 5.82. The standard InChI is InChI=1S/C22H28FN3O6S.C3H9N/c1-13(2)20-18(10-9-16(27)11-17(28)12-19(29)30)21(14-5-7-15(23)8-6-14)25-22(24-20)26(3)33(4,31)32;1-3(2)4/h5-10,13,16-17,27-28H,11-12H2,1-4H3,(H,29,30);3H,4H2,1-2H3/b10-9+;/t16-,17-;/m1./s1. The summed E-state index contributed by atoms with van der Waals surface area (Å²) in [4.78, 5) is 19.6. The summed E-state index contributed by atoms with van der Waals surface area (Å²) in [5.41, 5.74) is 6.91. The molecule has 0 aliphatic carbocycles. The Morgan fingerprint density at radius 3 is 2.14 bits per heavy atom. The van der Waals surface area contributed by atoms with Gasteiger partial charge in [0.1, 0.15) is 5.82 Å². The fraction of sp³-hybridized carbons (Fsp3) is 0.480. The molecule has 0 saturated carbocycles. The number of halogens is 1. The van der Waals surface area contributed by atoms with Gasteiger partial charge in [-0.05, 0) is 36.2 Å². The molecule has 0 spiro atoms. The largest absolute Gasteiger partial charge is 0.481 e. The predicted molar refractivity (Wildman–Crippen MR) is 142 cm³/mol. The van der Waals surface area contributed by atoms with Crippen molar-refractivity contribution < 1.29 is 32.9 Å². The van der Waals surface area contributed by atoms with Crippen LogP contribution in [0.4, 0.5) is 10.3 Å². The van der Waals surface area contributed by atoms with Crippen LogP contribution in [-0.2, 0) is 14.8 Å². The number of anilines is 1. The summed E-state index contributed by atoms with van der Waals surface area (Å²) in [6.45, 7) is 7.59. The van der Waals surface area contributed by atoms with E-state index in [0.29, 0.717) is 28.6 Å². The quantitative estimate of drug-likeness (QED) is 0.354. The molecule has 0 radical (unpaired) electrons. The normalized spacial score (nSPS) is 13.4. The van der Waals surface area contributed by atoms with E-state index in [1.165, 1.54) is 43.5 Å². The molecule has 37 heavy (non-hydrogen) atoms. The molecule has 0 bridgehead atoms. The van der Waals surface area contributed by atoms with Gasteiger partial charge in [-0.1, -0.05) is 39.8 Å². The molecule has 0 fully saturated rings. The van der Waals surface area contributed by atoms with Gasteiger partial charge in [0.15, 0.2) is 0 Å². The van der Waals surface area contributed by atoms with E-state index in [0.717, 1.165) is 10.6 Å². The number of sulfonamides is 1. The minimum absolute atomic E-state index is 0.0601. The summed E-state index contributed by atoms with van der Waals surface area (Å²) < 4.78 is 38.6. The van der Waals surface area contributed by atoms with E-state index in [9.17, 15) is 27.8 Å². The Labute approximate surface area is 217 Å². The first-order valence-electron chi connectivity index (χ1n) is 11.7. The molecule has 2 atom stereocenters. The van der Waals surface area contributed by atoms with Gasteiger partial charge in [0.2, 0.25) is 16.0 Å². The predicted octanol–water partition coefficient (Wildman–Crippen LogP) is 2.76. The van der Waals surface area contributed by atoms with E-state index in [2.05, 4.69) is 9.97 Å². The fourth-order valence-corrected chi connectivity index (χ4v) is 3.42. The highest BCUT2D eigenvalue weighted by molar-refractivity contribution is 7.92. The number of aliphatic hydroxyl groups excluding tert-OH is 2. The Morgan fingerprint density at radius 1 is 1.14 bits per heavy atom. The van der Waals surface area contributed by atoms with Crippen LogP contribution in [0.2, 0.25) is 0 Å². The minimum Gasteiger partial charge on any atom is -0.481 e. The second kappa shape index (κ2) is 14.1. The number of hydrogen-bond donors (Lipinski definition) is 4. The third kappa shape index (κ3) is 10.9. The van der Waals surface area contributed by atoms with Gasteiger partial charge in [0.25, 0.3) is 0 Å². The Hall–Kier alpha value is -2.93. The van der Waals surface area contributed by atoms with Gasteiger partial charge in [-0.2, -0.15) is 0 Å². The number of aliphatic hydroxyl groups is 2. The molecule has 206 valence electrons. The molecule has 10 nitrogen and oxygen atoms in total. The Kier molecular flexibility index (Phi) is 12.3. The summed E-state index contributed by atoms with van der Waals surface area (Å²) >= 11 is 0. The van der Waals surface area contributed by atoms with E-state index in [4.69, 9.17) is 10.8 Å². The van der Waals surface area contributed by atoms with Crippen molar-refractivity contribution in [3.63, 3.8) is 0 Å². The number of aliphatic carboxylic acids is 1. The van der Waals surface area contributed by atoms with Crippen LogP contribution in [0.1, 0.15) is 57.7 Å². The first kappa shape index (κ1) is 32.1. The average Bonchev–Trinajstić information content (AvgIpc) is 2.75. The van der Waals surface area contributed by atoms with Gasteiger partial charge in [0.05, 0.1) is 36.3 Å². The van der Waals surface area contributed by atoms with Crippen molar-refractivity contribution >= 4 is 28.0 Å². The van der Waals surface area contributed by atoms with Gasteiger partial charge in [-0.25, -0.2) is 27.1 Å². The van der Waals surface area contributed by atoms with Crippen molar-refractivity contribution in [2.45, 2.75) is 64.7 Å². The van der Waals surface area contributed by atoms with Crippen LogP contribution in [0.25, 0.3) is 17.3 Å². The molecule has 0 aliphatic heterocycles. The first-order chi connectivity index (χ1) is 17.0. The second-order valence-electron chi connectivity index (χ2n) is 9.22. The lowest BCUT2D eigenvalue weighted by molar-refractivity contribution is -0.139. The molecule has 0 aliphatic rings. The molecule has 0 unspecified atom stereocenters. The first-order valence-corrected chi connectivity index (χ1v) is 13.5. The molecule has 1 aromatic carbocycles. The molecule has 1 aromatic heterocycles. The SMILES string of the molecule is CC(C)N.CC(C)c1nc(N(C)S(C)(=O)=O)nc(-c2ccc(F)cc2)c1/C=C/[C@@H](O)C[C@@H](O)CC(=O)O. The average molecular weight is 541 g/mol. The molecule has 5 N–H and O–H groups in total. The van der Waals surface area contributed by atoms with E-state index in [-0.39, 0.29) is 18.3 Å². The van der Waals surface area contributed by atoms with Gasteiger partial charge in [-0.15, -0.1) is 0 Å². The van der Waals surface area contributed by atoms with Crippen molar-refractivity contribution in [3.8, 4) is 11.3 Å². The van der Waals surface area contributed by atoms with Crippen LogP contribution in [-0.4, -0.2) is 71.2 Å². The maximum atomic E-state index is 13.5. The Bertz CT molecular complexity index is 1170. The van der Waals surface area contributed by atoms with Gasteiger partial charge in [-0.3, -0.25) is 4.79 Å². The third-order valence-electron chi connectivity index (χ3n) is 4.82. The second-order valence-corrected chi connectivity index (χ2v) is 11.2. The number of nitrogens with two attached hydrogens (primary N) is 1. The molecule has 2 aromatic rings. The highest BCUT2D eigenvalue weighted by atomic mass is 32.2. The highest BCUT2D eigenvalue weighted by Gasteiger charge is 2.22. The van der Waals surface area contributed by atoms with Crippen LogP contribution in [0, 0.1) is 5.82 Å². The Balaban J connectivity index is 0.00000159. The van der Waals surface area contributed by atoms with Crippen LogP contribution < -0.4 is 10.0 Å². The molecular formula is C25H37FN4O6S. The van der Waals surface area contributed by atoms with Gasteiger partial charge in [0, 0.05) is 24.6 Å². The van der Waals surface area contributed by atoms with Crippen LogP contribution in [0.5, 0.6) is 0 Å². The van der Waals surface area contributed by atoms with Crippen LogP contribution >= 0.6 is 0 Å². The van der Waals surface area contributed by atoms with Crippen molar-refractivity contribution in [3.05, 3.63) is 47.4 Å². The topological polar surface area (TPSA) is 167 Å². The highest BCUT2D eigenvalue weighted by Crippen LogP contribution is 2.31. The van der Waals surface area contributed by atoms with E-state index >= 15 is 0 Å². The summed E-state index contributed by atoms with van der Waals surface area (Å²) in [5, 5.41) is 28.8. The summed E-state index contributed by atoms with van der Waals surface area (Å²) in [7, 11) is -2.33. The number of nitrogens with zero attached hydrogens (tertiary/aromatic N) is 3. The third-order valence-corrected chi connectivity index (χ3v) is 5.97. The molecule has 0 amide bonds. The van der Waals surface area contributed by atoms with Crippen molar-refractivity contribution in [2.24, 2.45) is 5.73 Å². The zero-order chi connectivity index (χ0) is 28.5. The van der Waals surface area contributed by atoms with Crippen molar-refractivity contribution in [1.29, 1.82) is 0 Å². The smallest absolute Gasteiger partial charge is 0.305 e. The zero-order valence-electron chi connectivity index (χ0n) is 22.0. The number of rotatable bonds is 10. The molecule has 2 rings (SSSR count). The number of aromatic nitrogens is 2. The number of carboxylic acid groups (broad SMARTS) is 1. The van der Waals surface area contributed by atoms with Crippen molar-refractivity contribution in [1.82, 2.24) is 9.97 Å². The van der Waals surface area contributed by atoms with Gasteiger partial charge >= 0.3 is 5.97 Å². The maximum absolute atomic E-state index is 13.5. The van der Waals surface area contributed by atoms with Crippen molar-refractivity contribution in [2.75, 3.05) is 17.6 Å². The monoisotopic (exact) mass is 540 g/mol. The number of benzene rings is 1. The lowest BCUT2D eigenvalue weighted by atomic mass is 9.97. The lowest BCUT2D eigenvalue weighted by Crippen LogP contribution is -2.27. The van der Waals surface area contributed by atoms with E-state index < -0.39 is 40.4 Å². The Morgan fingerprint density at radius 2 is 1.68 bits per heavy atom. The fourth-order valence-electron chi connectivity index (χ4n) is 3.05. The van der Waals surface area contributed by atoms with Gasteiger partial charge < -0.3 is 21.1 Å². The van der Waals surface area contributed by atoms with Crippen LogP contribution in [0.3, 0.4) is 0 Å². The van der Waals surface area contributed by atoms with Crippen LogP contribution in [0.15, 0.2) is 30.3 Å². The minimum atomic E-state index is -3.65. The molecule has 12 heteroatoms. The van der Waals surface area contributed by atoms with E-state index in [1.807, 2.05) is 27.7 Å². The number of hydrogen-bond acceptors (Lipinski definition) is 8. The lowest BCUT2D eigenvalue weighted by Gasteiger charge is -2.20. The molecule has 1 heterocycles. The molecule has 0 saturated heterocycles. The number of carboxylic acids is 1.